The Bertz CT molecular complexity index is 849. The first-order chi connectivity index (χ1) is 13.0. The fourth-order valence-corrected chi connectivity index (χ4v) is 3.43. The number of thiazole rings is 1. The number of carbonyl (C=O) groups is 3. The fraction of sp³-hybridized carbons (Fsp3) is 0.333. The molecule has 2 heterocycles. The van der Waals surface area contributed by atoms with Crippen LogP contribution in [0.2, 0.25) is 0 Å². The maximum Gasteiger partial charge on any atom is 0.324 e. The summed E-state index contributed by atoms with van der Waals surface area (Å²) in [5.74, 6) is -0.00534. The minimum atomic E-state index is -0.852. The number of carbonyl (C=O) groups excluding carboxylic acids is 3. The number of rotatable bonds is 7. The molecular formula is C18H20N4O4S. The van der Waals surface area contributed by atoms with Gasteiger partial charge in [-0.3, -0.25) is 14.5 Å². The summed E-state index contributed by atoms with van der Waals surface area (Å²) in [6, 6.07) is 6.10. The van der Waals surface area contributed by atoms with Crippen LogP contribution in [0.5, 0.6) is 5.75 Å². The number of urea groups is 1. The maximum atomic E-state index is 12.5. The second kappa shape index (κ2) is 8.17. The number of methoxy groups -OCH3 is 1. The Labute approximate surface area is 160 Å². The van der Waals surface area contributed by atoms with E-state index in [0.29, 0.717) is 11.6 Å². The Kier molecular flexibility index (Phi) is 5.70. The van der Waals surface area contributed by atoms with E-state index in [-0.39, 0.29) is 24.8 Å². The van der Waals surface area contributed by atoms with Gasteiger partial charge in [-0.1, -0.05) is 12.1 Å². The number of amides is 4. The molecule has 1 aromatic carbocycles. The molecule has 27 heavy (non-hydrogen) atoms. The van der Waals surface area contributed by atoms with Crippen LogP contribution in [0.3, 0.4) is 0 Å². The van der Waals surface area contributed by atoms with Gasteiger partial charge in [-0.25, -0.2) is 9.78 Å². The van der Waals surface area contributed by atoms with Gasteiger partial charge in [0.2, 0.25) is 5.91 Å². The number of ether oxygens (including phenoxy) is 1. The van der Waals surface area contributed by atoms with Crippen LogP contribution >= 0.6 is 11.3 Å². The first kappa shape index (κ1) is 18.8. The molecule has 1 aromatic heterocycles. The summed E-state index contributed by atoms with van der Waals surface area (Å²) in [6.07, 6.45) is 0.405. The van der Waals surface area contributed by atoms with Crippen LogP contribution in [0.4, 0.5) is 9.93 Å². The van der Waals surface area contributed by atoms with E-state index in [9.17, 15) is 14.4 Å². The molecule has 3 rings (SSSR count). The molecule has 142 valence electrons. The van der Waals surface area contributed by atoms with E-state index in [1.165, 1.54) is 11.3 Å². The van der Waals surface area contributed by atoms with Crippen molar-refractivity contribution < 1.29 is 19.1 Å². The highest BCUT2D eigenvalue weighted by Gasteiger charge is 2.38. The number of imide groups is 1. The Hall–Kier alpha value is -2.94. The van der Waals surface area contributed by atoms with Crippen molar-refractivity contribution in [3.8, 4) is 5.75 Å². The Morgan fingerprint density at radius 2 is 2.07 bits per heavy atom. The van der Waals surface area contributed by atoms with Crippen molar-refractivity contribution in [2.24, 2.45) is 0 Å². The lowest BCUT2D eigenvalue weighted by molar-refractivity contribution is -0.129. The molecular weight excluding hydrogens is 368 g/mol. The summed E-state index contributed by atoms with van der Waals surface area (Å²) < 4.78 is 5.11. The molecule has 2 aromatic rings. The van der Waals surface area contributed by atoms with Crippen LogP contribution in [0, 0.1) is 6.92 Å². The number of nitrogens with zero attached hydrogens (tertiary/aromatic N) is 2. The van der Waals surface area contributed by atoms with Gasteiger partial charge in [-0.15, -0.1) is 11.3 Å². The maximum absolute atomic E-state index is 12.5. The van der Waals surface area contributed by atoms with Crippen molar-refractivity contribution in [1.82, 2.24) is 15.2 Å². The van der Waals surface area contributed by atoms with Crippen molar-refractivity contribution >= 4 is 34.3 Å². The zero-order valence-electron chi connectivity index (χ0n) is 15.0. The molecule has 9 heteroatoms. The molecule has 8 nitrogen and oxygen atoms in total. The van der Waals surface area contributed by atoms with E-state index in [1.807, 2.05) is 36.6 Å². The van der Waals surface area contributed by atoms with Crippen LogP contribution in [-0.4, -0.2) is 47.4 Å². The third kappa shape index (κ3) is 4.62. The molecule has 2 N–H and O–H groups in total. The van der Waals surface area contributed by atoms with E-state index in [4.69, 9.17) is 4.74 Å². The third-order valence-corrected chi connectivity index (χ3v) is 5.02. The average molecular weight is 388 g/mol. The molecule has 1 saturated heterocycles. The number of aromatic nitrogens is 1. The summed E-state index contributed by atoms with van der Waals surface area (Å²) >= 11 is 1.31. The number of anilines is 1. The van der Waals surface area contributed by atoms with Crippen molar-refractivity contribution in [3.05, 3.63) is 40.9 Å². The van der Waals surface area contributed by atoms with Gasteiger partial charge in [0, 0.05) is 11.9 Å². The minimum Gasteiger partial charge on any atom is -0.497 e. The predicted octanol–water partition coefficient (Wildman–Crippen LogP) is 1.95. The molecule has 1 atom stereocenters. The smallest absolute Gasteiger partial charge is 0.324 e. The Morgan fingerprint density at radius 3 is 2.70 bits per heavy atom. The quantitative estimate of drug-likeness (QED) is 0.706. The molecule has 1 aliphatic rings. The Balaban J connectivity index is 1.53. The second-order valence-electron chi connectivity index (χ2n) is 6.14. The molecule has 0 spiro atoms. The highest BCUT2D eigenvalue weighted by atomic mass is 32.1. The van der Waals surface area contributed by atoms with Gasteiger partial charge in [0.15, 0.2) is 5.13 Å². The molecule has 0 aliphatic carbocycles. The Morgan fingerprint density at radius 1 is 1.33 bits per heavy atom. The SMILES string of the molecule is COc1ccc(CCN2C(=O)N[C@H](CC(=O)Nc3nc(C)cs3)C2=O)cc1. The average Bonchev–Trinajstić information content (AvgIpc) is 3.16. The lowest BCUT2D eigenvalue weighted by atomic mass is 10.1. The third-order valence-electron chi connectivity index (χ3n) is 4.15. The summed E-state index contributed by atoms with van der Waals surface area (Å²) in [5, 5.41) is 7.51. The monoisotopic (exact) mass is 388 g/mol. The number of hydrogen-bond acceptors (Lipinski definition) is 6. The van der Waals surface area contributed by atoms with Crippen molar-refractivity contribution in [2.45, 2.75) is 25.8 Å². The van der Waals surface area contributed by atoms with E-state index < -0.39 is 12.1 Å². The van der Waals surface area contributed by atoms with Gasteiger partial charge >= 0.3 is 6.03 Å². The standard InChI is InChI=1S/C18H20N4O4S/c1-11-10-27-17(19-11)21-15(23)9-14-16(24)22(18(25)20-14)8-7-12-3-5-13(26-2)6-4-12/h3-6,10,14H,7-9H2,1-2H3,(H,20,25)(H,19,21,23)/t14-/m1/s1. The molecule has 1 fully saturated rings. The van der Waals surface area contributed by atoms with Gasteiger partial charge in [0.05, 0.1) is 19.2 Å². The van der Waals surface area contributed by atoms with Crippen molar-refractivity contribution in [1.29, 1.82) is 0 Å². The molecule has 0 saturated carbocycles. The second-order valence-corrected chi connectivity index (χ2v) is 6.99. The topological polar surface area (TPSA) is 101 Å². The van der Waals surface area contributed by atoms with Gasteiger partial charge in [0.1, 0.15) is 11.8 Å². The number of benzene rings is 1. The van der Waals surface area contributed by atoms with Gasteiger partial charge in [0.25, 0.3) is 5.91 Å². The molecule has 0 bridgehead atoms. The lowest BCUT2D eigenvalue weighted by Gasteiger charge is -2.13. The minimum absolute atomic E-state index is 0.123. The zero-order valence-corrected chi connectivity index (χ0v) is 15.8. The first-order valence-corrected chi connectivity index (χ1v) is 9.31. The summed E-state index contributed by atoms with van der Waals surface area (Å²) in [4.78, 5) is 41.9. The van der Waals surface area contributed by atoms with Crippen LogP contribution in [0.15, 0.2) is 29.6 Å². The van der Waals surface area contributed by atoms with E-state index in [2.05, 4.69) is 15.6 Å². The summed E-state index contributed by atoms with van der Waals surface area (Å²) in [5.41, 5.74) is 1.79. The summed E-state index contributed by atoms with van der Waals surface area (Å²) in [7, 11) is 1.59. The van der Waals surface area contributed by atoms with E-state index in [0.717, 1.165) is 21.9 Å². The molecule has 4 amide bonds. The lowest BCUT2D eigenvalue weighted by Crippen LogP contribution is -2.34. The normalized spacial score (nSPS) is 16.4. The number of hydrogen-bond donors (Lipinski definition) is 2. The van der Waals surface area contributed by atoms with Crippen molar-refractivity contribution in [2.75, 3.05) is 19.0 Å². The van der Waals surface area contributed by atoms with Crippen LogP contribution < -0.4 is 15.4 Å². The highest BCUT2D eigenvalue weighted by molar-refractivity contribution is 7.13. The number of aryl methyl sites for hydroxylation is 1. The highest BCUT2D eigenvalue weighted by Crippen LogP contribution is 2.17. The van der Waals surface area contributed by atoms with E-state index >= 15 is 0 Å². The largest absolute Gasteiger partial charge is 0.497 e. The zero-order chi connectivity index (χ0) is 19.4. The van der Waals surface area contributed by atoms with E-state index in [1.54, 1.807) is 7.11 Å². The van der Waals surface area contributed by atoms with Gasteiger partial charge in [-0.2, -0.15) is 0 Å². The summed E-state index contributed by atoms with van der Waals surface area (Å²) in [6.45, 7) is 2.08. The molecule has 0 unspecified atom stereocenters. The van der Waals surface area contributed by atoms with Crippen LogP contribution in [0.1, 0.15) is 17.7 Å². The van der Waals surface area contributed by atoms with Crippen molar-refractivity contribution in [3.63, 3.8) is 0 Å². The molecule has 1 aliphatic heterocycles. The number of nitrogens with one attached hydrogen (secondary N) is 2. The first-order valence-electron chi connectivity index (χ1n) is 8.43. The molecule has 0 radical (unpaired) electrons. The van der Waals surface area contributed by atoms with Gasteiger partial charge < -0.3 is 15.4 Å². The fourth-order valence-electron chi connectivity index (χ4n) is 2.73. The van der Waals surface area contributed by atoms with Crippen LogP contribution in [0.25, 0.3) is 0 Å². The van der Waals surface area contributed by atoms with Crippen LogP contribution in [-0.2, 0) is 16.0 Å². The van der Waals surface area contributed by atoms with Gasteiger partial charge in [-0.05, 0) is 31.0 Å². The predicted molar refractivity (Wildman–Crippen MR) is 101 cm³/mol.